The Kier molecular flexibility index (Phi) is 4.73. The van der Waals surface area contributed by atoms with Gasteiger partial charge in [0.1, 0.15) is 0 Å². The Labute approximate surface area is 69.1 Å². The second-order valence-corrected chi connectivity index (χ2v) is 9.72. The zero-order valence-corrected chi connectivity index (χ0v) is 9.24. The van der Waals surface area contributed by atoms with Gasteiger partial charge >= 0.3 is 63.6 Å². The Balaban J connectivity index is 0.000000810. The molecule has 1 rings (SSSR count). The van der Waals surface area contributed by atoms with E-state index in [0.717, 1.165) is 0 Å². The normalized spacial score (nSPS) is 9.10. The zero-order chi connectivity index (χ0) is 6.69. The van der Waals surface area contributed by atoms with Gasteiger partial charge in [0.2, 0.25) is 0 Å². The van der Waals surface area contributed by atoms with Crippen LogP contribution in [0.2, 0.25) is 9.88 Å². The van der Waals surface area contributed by atoms with Gasteiger partial charge in [0.05, 0.1) is 0 Å². The van der Waals surface area contributed by atoms with E-state index in [2.05, 4.69) is 40.2 Å². The minimum atomic E-state index is -1.02. The molecule has 0 heterocycles. The fourth-order valence-electron chi connectivity index (χ4n) is 0.771. The van der Waals surface area contributed by atoms with Crippen molar-refractivity contribution in [2.75, 3.05) is 0 Å². The van der Waals surface area contributed by atoms with E-state index in [1.165, 1.54) is 0 Å². The first kappa shape index (κ1) is 9.98. The van der Waals surface area contributed by atoms with Gasteiger partial charge < -0.3 is 5.48 Å². The third kappa shape index (κ3) is 2.71. The maximum absolute atomic E-state index is 2.40. The molecule has 0 saturated heterocycles. The molecule has 2 N–H and O–H groups in total. The molecule has 0 aliphatic heterocycles. The summed E-state index contributed by atoms with van der Waals surface area (Å²) in [5.41, 5.74) is 0. The van der Waals surface area contributed by atoms with Crippen molar-refractivity contribution in [3.8, 4) is 0 Å². The van der Waals surface area contributed by atoms with Gasteiger partial charge in [-0.05, 0) is 0 Å². The Hall–Kier alpha value is -0.0213. The number of benzene rings is 1. The molecule has 0 fully saturated rings. The average Bonchev–Trinajstić information content (AvgIpc) is 1.90. The van der Waals surface area contributed by atoms with E-state index in [9.17, 15) is 0 Å². The van der Waals surface area contributed by atoms with Gasteiger partial charge in [0, 0.05) is 0 Å². The maximum atomic E-state index is 2.40. The van der Waals surface area contributed by atoms with Crippen LogP contribution in [0.5, 0.6) is 0 Å². The fraction of sp³-hybridized carbons (Fsp3) is 0.250. The molecule has 55 valence electrons. The third-order valence-corrected chi connectivity index (χ3v) is 5.60. The average molecular weight is 244 g/mol. The summed E-state index contributed by atoms with van der Waals surface area (Å²) in [6.07, 6.45) is 0. The number of rotatable bonds is 1. The van der Waals surface area contributed by atoms with Crippen molar-refractivity contribution in [1.82, 2.24) is 0 Å². The summed E-state index contributed by atoms with van der Waals surface area (Å²) in [7, 11) is 0. The summed E-state index contributed by atoms with van der Waals surface area (Å²) in [4.78, 5) is 4.80. The van der Waals surface area contributed by atoms with Crippen LogP contribution in [0.25, 0.3) is 0 Å². The second kappa shape index (κ2) is 4.74. The molecule has 0 aromatic heterocycles. The molecule has 1 aromatic rings. The summed E-state index contributed by atoms with van der Waals surface area (Å²) in [6, 6.07) is 10.8. The Morgan fingerprint density at radius 2 is 1.50 bits per heavy atom. The van der Waals surface area contributed by atoms with Crippen molar-refractivity contribution in [3.05, 3.63) is 30.3 Å². The summed E-state index contributed by atoms with van der Waals surface area (Å²) < 4.78 is 1.61. The molecule has 1 aromatic carbocycles. The molecule has 1 nitrogen and oxygen atoms in total. The van der Waals surface area contributed by atoms with Crippen LogP contribution in [-0.2, 0) is 0 Å². The molecule has 0 unspecified atom stereocenters. The van der Waals surface area contributed by atoms with Crippen LogP contribution in [0.1, 0.15) is 0 Å². The third-order valence-electron chi connectivity index (χ3n) is 1.35. The van der Waals surface area contributed by atoms with Crippen LogP contribution in [0.15, 0.2) is 30.3 Å². The van der Waals surface area contributed by atoms with Crippen molar-refractivity contribution in [2.45, 2.75) is 9.88 Å². The van der Waals surface area contributed by atoms with Crippen molar-refractivity contribution in [1.29, 1.82) is 0 Å². The van der Waals surface area contributed by atoms with Gasteiger partial charge in [0.15, 0.2) is 0 Å². The monoisotopic (exact) mass is 245 g/mol. The predicted molar refractivity (Wildman–Crippen MR) is 47.2 cm³/mol. The molecular formula is C8H13OSn. The first-order chi connectivity index (χ1) is 4.30. The molecule has 0 aliphatic carbocycles. The summed E-state index contributed by atoms with van der Waals surface area (Å²) in [5, 5.41) is 0. The predicted octanol–water partition coefficient (Wildman–Crippen LogP) is 0.823. The van der Waals surface area contributed by atoms with Gasteiger partial charge in [-0.25, -0.2) is 0 Å². The van der Waals surface area contributed by atoms with Crippen LogP contribution in [0.4, 0.5) is 0 Å². The quantitative estimate of drug-likeness (QED) is 0.655. The van der Waals surface area contributed by atoms with Crippen molar-refractivity contribution in [3.63, 3.8) is 0 Å². The summed E-state index contributed by atoms with van der Waals surface area (Å²) >= 11 is -1.02. The van der Waals surface area contributed by atoms with E-state index < -0.39 is 19.8 Å². The molecule has 2 heteroatoms. The van der Waals surface area contributed by atoms with Crippen LogP contribution in [0.3, 0.4) is 0 Å². The van der Waals surface area contributed by atoms with E-state index >= 15 is 0 Å². The van der Waals surface area contributed by atoms with Crippen molar-refractivity contribution >= 4 is 23.3 Å². The van der Waals surface area contributed by atoms with Crippen molar-refractivity contribution < 1.29 is 5.48 Å². The van der Waals surface area contributed by atoms with Crippen LogP contribution < -0.4 is 3.58 Å². The number of hydrogen-bond acceptors (Lipinski definition) is 0. The standard InChI is InChI=1S/C6H5.2CH3.H2O.Sn/c1-2-4-6-5-3-1;;;;/h1-5H;2*1H3;1H2;. The topological polar surface area (TPSA) is 31.5 Å². The minimum absolute atomic E-state index is 0. The van der Waals surface area contributed by atoms with Gasteiger partial charge in [-0.1, -0.05) is 0 Å². The Morgan fingerprint density at radius 3 is 1.80 bits per heavy atom. The van der Waals surface area contributed by atoms with E-state index in [0.29, 0.717) is 0 Å². The molecule has 1 radical (unpaired) electrons. The van der Waals surface area contributed by atoms with Gasteiger partial charge in [-0.2, -0.15) is 0 Å². The summed E-state index contributed by atoms with van der Waals surface area (Å²) in [5.74, 6) is 0. The van der Waals surface area contributed by atoms with Crippen LogP contribution in [0, 0.1) is 0 Å². The van der Waals surface area contributed by atoms with E-state index in [-0.39, 0.29) is 5.48 Å². The molecule has 0 aliphatic rings. The van der Waals surface area contributed by atoms with Crippen LogP contribution >= 0.6 is 0 Å². The van der Waals surface area contributed by atoms with Gasteiger partial charge in [0.25, 0.3) is 0 Å². The van der Waals surface area contributed by atoms with Crippen LogP contribution in [-0.4, -0.2) is 25.2 Å². The van der Waals surface area contributed by atoms with E-state index in [1.54, 1.807) is 3.58 Å². The molecule has 0 atom stereocenters. The van der Waals surface area contributed by atoms with Gasteiger partial charge in [-0.3, -0.25) is 0 Å². The molecule has 0 amide bonds. The Morgan fingerprint density at radius 1 is 1.00 bits per heavy atom. The zero-order valence-electron chi connectivity index (χ0n) is 6.39. The van der Waals surface area contributed by atoms with Gasteiger partial charge in [-0.15, -0.1) is 0 Å². The first-order valence-electron chi connectivity index (χ1n) is 3.16. The van der Waals surface area contributed by atoms with E-state index in [1.807, 2.05) is 0 Å². The fourth-order valence-corrected chi connectivity index (χ4v) is 3.22. The Bertz CT molecular complexity index is 172. The SMILES string of the molecule is O.[CH3][Sn]([CH3])[c]1ccccc1. The molecular weight excluding hydrogens is 231 g/mol. The summed E-state index contributed by atoms with van der Waals surface area (Å²) in [6.45, 7) is 0. The molecule has 10 heavy (non-hydrogen) atoms. The molecule has 0 spiro atoms. The van der Waals surface area contributed by atoms with E-state index in [4.69, 9.17) is 0 Å². The molecule has 0 saturated carbocycles. The first-order valence-corrected chi connectivity index (χ1v) is 10.3. The molecule has 0 bridgehead atoms. The second-order valence-electron chi connectivity index (χ2n) is 2.37. The van der Waals surface area contributed by atoms with Crippen molar-refractivity contribution in [2.24, 2.45) is 0 Å². The number of hydrogen-bond donors (Lipinski definition) is 0.